The molecule has 0 aromatic rings. The first kappa shape index (κ1) is 11.8. The third-order valence-electron chi connectivity index (χ3n) is 1.57. The van der Waals surface area contributed by atoms with Crippen LogP contribution >= 0.6 is 0 Å². The predicted octanol–water partition coefficient (Wildman–Crippen LogP) is -0.484. The summed E-state index contributed by atoms with van der Waals surface area (Å²) in [4.78, 5) is 0. The van der Waals surface area contributed by atoms with Gasteiger partial charge in [0.15, 0.2) is 0 Å². The van der Waals surface area contributed by atoms with Gasteiger partial charge in [0.1, 0.15) is 0 Å². The molecule has 0 radical (unpaired) electrons. The zero-order valence-electron chi connectivity index (χ0n) is 7.60. The first-order chi connectivity index (χ1) is 5.57. The Balaban J connectivity index is 3.49. The highest BCUT2D eigenvalue weighted by atomic mass is 16.5. The normalized spacial score (nSPS) is 18.8. The quantitative estimate of drug-likeness (QED) is 0.513. The minimum Gasteiger partial charge on any atom is -0.396 e. The lowest BCUT2D eigenvalue weighted by molar-refractivity contribution is -0.0596. The van der Waals surface area contributed by atoms with Crippen LogP contribution in [0.15, 0.2) is 0 Å². The molecule has 0 aromatic carbocycles. The Morgan fingerprint density at radius 2 is 1.83 bits per heavy atom. The summed E-state index contributed by atoms with van der Waals surface area (Å²) in [6.07, 6.45) is -1.21. The van der Waals surface area contributed by atoms with Crippen molar-refractivity contribution in [3.8, 4) is 0 Å². The first-order valence-corrected chi connectivity index (χ1v) is 4.16. The Morgan fingerprint density at radius 3 is 2.25 bits per heavy atom. The van der Waals surface area contributed by atoms with E-state index in [0.29, 0.717) is 6.42 Å². The number of ether oxygens (including phenoxy) is 1. The summed E-state index contributed by atoms with van der Waals surface area (Å²) in [6, 6.07) is 0. The van der Waals surface area contributed by atoms with Gasteiger partial charge in [-0.3, -0.25) is 0 Å². The molecule has 0 aromatic heterocycles. The van der Waals surface area contributed by atoms with Crippen LogP contribution < -0.4 is 0 Å². The second kappa shape index (κ2) is 6.37. The Hall–Kier alpha value is -0.160. The van der Waals surface area contributed by atoms with Crippen LogP contribution in [0.1, 0.15) is 20.3 Å². The molecular weight excluding hydrogens is 160 g/mol. The Labute approximate surface area is 72.8 Å². The van der Waals surface area contributed by atoms with Gasteiger partial charge in [0, 0.05) is 6.61 Å². The van der Waals surface area contributed by atoms with Crippen molar-refractivity contribution in [1.82, 2.24) is 0 Å². The molecule has 4 nitrogen and oxygen atoms in total. The molecule has 0 saturated heterocycles. The molecule has 12 heavy (non-hydrogen) atoms. The van der Waals surface area contributed by atoms with Crippen molar-refractivity contribution in [2.24, 2.45) is 0 Å². The fraction of sp³-hybridized carbons (Fsp3) is 1.00. The molecular formula is C8H18O4. The number of rotatable bonds is 6. The van der Waals surface area contributed by atoms with Crippen LogP contribution in [0.4, 0.5) is 0 Å². The monoisotopic (exact) mass is 178 g/mol. The lowest BCUT2D eigenvalue weighted by Gasteiger charge is -2.19. The van der Waals surface area contributed by atoms with E-state index >= 15 is 0 Å². The molecule has 0 bridgehead atoms. The van der Waals surface area contributed by atoms with Gasteiger partial charge in [-0.15, -0.1) is 0 Å². The lowest BCUT2D eigenvalue weighted by Crippen LogP contribution is -2.29. The highest BCUT2D eigenvalue weighted by molar-refractivity contribution is 4.63. The standard InChI is InChI=1S/C8H18O4/c1-6(10)5-12-7(2)8(11)3-4-9/h6-11H,3-5H2,1-2H3. The summed E-state index contributed by atoms with van der Waals surface area (Å²) in [5.41, 5.74) is 0. The third kappa shape index (κ3) is 5.49. The van der Waals surface area contributed by atoms with Crippen molar-refractivity contribution >= 4 is 0 Å². The minimum absolute atomic E-state index is 0.0520. The fourth-order valence-electron chi connectivity index (χ4n) is 0.769. The smallest absolute Gasteiger partial charge is 0.0820 e. The van der Waals surface area contributed by atoms with Gasteiger partial charge in [0.2, 0.25) is 0 Å². The van der Waals surface area contributed by atoms with Crippen LogP contribution in [0.3, 0.4) is 0 Å². The Bertz CT molecular complexity index is 105. The maximum absolute atomic E-state index is 9.26. The molecule has 0 amide bonds. The zero-order chi connectivity index (χ0) is 9.56. The van der Waals surface area contributed by atoms with Crippen molar-refractivity contribution in [1.29, 1.82) is 0 Å². The van der Waals surface area contributed by atoms with Gasteiger partial charge in [-0.2, -0.15) is 0 Å². The number of aliphatic hydroxyl groups is 3. The SMILES string of the molecule is CC(O)COC(C)C(O)CCO. The van der Waals surface area contributed by atoms with Crippen molar-refractivity contribution in [3.63, 3.8) is 0 Å². The number of aliphatic hydroxyl groups excluding tert-OH is 3. The summed E-state index contributed by atoms with van der Waals surface area (Å²) >= 11 is 0. The van der Waals surface area contributed by atoms with E-state index in [0.717, 1.165) is 0 Å². The van der Waals surface area contributed by atoms with Gasteiger partial charge in [-0.25, -0.2) is 0 Å². The number of hydrogen-bond donors (Lipinski definition) is 3. The average molecular weight is 178 g/mol. The summed E-state index contributed by atoms with van der Waals surface area (Å²) in [7, 11) is 0. The summed E-state index contributed by atoms with van der Waals surface area (Å²) in [5, 5.41) is 26.6. The second-order valence-electron chi connectivity index (χ2n) is 2.97. The van der Waals surface area contributed by atoms with Crippen molar-refractivity contribution in [2.75, 3.05) is 13.2 Å². The van der Waals surface area contributed by atoms with Crippen LogP contribution in [0.2, 0.25) is 0 Å². The first-order valence-electron chi connectivity index (χ1n) is 4.16. The van der Waals surface area contributed by atoms with Crippen molar-refractivity contribution < 1.29 is 20.1 Å². The highest BCUT2D eigenvalue weighted by Gasteiger charge is 2.14. The average Bonchev–Trinajstić information content (AvgIpc) is 2.00. The molecule has 3 atom stereocenters. The largest absolute Gasteiger partial charge is 0.396 e. The maximum Gasteiger partial charge on any atom is 0.0820 e. The molecule has 0 rings (SSSR count). The zero-order valence-corrected chi connectivity index (χ0v) is 7.60. The summed E-state index contributed by atoms with van der Waals surface area (Å²) in [6.45, 7) is 3.49. The van der Waals surface area contributed by atoms with E-state index in [1.165, 1.54) is 0 Å². The van der Waals surface area contributed by atoms with E-state index in [1.54, 1.807) is 13.8 Å². The molecule has 4 heteroatoms. The van der Waals surface area contributed by atoms with E-state index in [1.807, 2.05) is 0 Å². The second-order valence-corrected chi connectivity index (χ2v) is 2.97. The molecule has 0 saturated carbocycles. The molecule has 0 aliphatic heterocycles. The Kier molecular flexibility index (Phi) is 6.28. The Morgan fingerprint density at radius 1 is 1.25 bits per heavy atom. The molecule has 3 unspecified atom stereocenters. The number of hydrogen-bond acceptors (Lipinski definition) is 4. The van der Waals surface area contributed by atoms with Crippen LogP contribution in [0.25, 0.3) is 0 Å². The molecule has 3 N–H and O–H groups in total. The van der Waals surface area contributed by atoms with Crippen LogP contribution in [0.5, 0.6) is 0 Å². The molecule has 0 fully saturated rings. The van der Waals surface area contributed by atoms with Crippen LogP contribution in [0, 0.1) is 0 Å². The van der Waals surface area contributed by atoms with Crippen LogP contribution in [-0.4, -0.2) is 46.8 Å². The van der Waals surface area contributed by atoms with E-state index in [4.69, 9.17) is 14.9 Å². The topological polar surface area (TPSA) is 69.9 Å². The van der Waals surface area contributed by atoms with Crippen molar-refractivity contribution in [3.05, 3.63) is 0 Å². The van der Waals surface area contributed by atoms with Crippen LogP contribution in [-0.2, 0) is 4.74 Å². The fourth-order valence-corrected chi connectivity index (χ4v) is 0.769. The van der Waals surface area contributed by atoms with E-state index in [-0.39, 0.29) is 19.3 Å². The lowest BCUT2D eigenvalue weighted by atomic mass is 10.2. The minimum atomic E-state index is -0.659. The molecule has 74 valence electrons. The van der Waals surface area contributed by atoms with Gasteiger partial charge < -0.3 is 20.1 Å². The molecule has 0 heterocycles. The van der Waals surface area contributed by atoms with E-state index in [2.05, 4.69) is 0 Å². The van der Waals surface area contributed by atoms with E-state index < -0.39 is 12.2 Å². The van der Waals surface area contributed by atoms with Gasteiger partial charge in [-0.05, 0) is 20.3 Å². The third-order valence-corrected chi connectivity index (χ3v) is 1.57. The van der Waals surface area contributed by atoms with Gasteiger partial charge in [0.25, 0.3) is 0 Å². The highest BCUT2D eigenvalue weighted by Crippen LogP contribution is 2.03. The maximum atomic E-state index is 9.26. The van der Waals surface area contributed by atoms with Gasteiger partial charge in [0.05, 0.1) is 24.9 Å². The molecule has 0 aliphatic carbocycles. The molecule has 0 aliphatic rings. The van der Waals surface area contributed by atoms with Crippen molar-refractivity contribution in [2.45, 2.75) is 38.6 Å². The van der Waals surface area contributed by atoms with Gasteiger partial charge >= 0.3 is 0 Å². The van der Waals surface area contributed by atoms with Gasteiger partial charge in [-0.1, -0.05) is 0 Å². The molecule has 0 spiro atoms. The summed E-state index contributed by atoms with van der Waals surface area (Å²) in [5.74, 6) is 0. The summed E-state index contributed by atoms with van der Waals surface area (Å²) < 4.78 is 5.11. The van der Waals surface area contributed by atoms with E-state index in [9.17, 15) is 5.11 Å². The predicted molar refractivity (Wildman–Crippen MR) is 44.8 cm³/mol.